The fourth-order valence-corrected chi connectivity index (χ4v) is 4.50. The second-order valence-corrected chi connectivity index (χ2v) is 8.63. The fourth-order valence-electron chi connectivity index (χ4n) is 4.50. The van der Waals surface area contributed by atoms with Gasteiger partial charge in [0.25, 0.3) is 0 Å². The van der Waals surface area contributed by atoms with Crippen LogP contribution in [0.15, 0.2) is 18.2 Å². The molecule has 1 amide bonds. The minimum atomic E-state index is 0.177. The zero-order valence-corrected chi connectivity index (χ0v) is 17.9. The van der Waals surface area contributed by atoms with E-state index < -0.39 is 0 Å². The summed E-state index contributed by atoms with van der Waals surface area (Å²) in [4.78, 5) is 16.1. The van der Waals surface area contributed by atoms with Crippen molar-refractivity contribution < 1.29 is 9.90 Å². The van der Waals surface area contributed by atoms with Crippen molar-refractivity contribution in [3.05, 3.63) is 29.3 Å². The Morgan fingerprint density at radius 2 is 1.86 bits per heavy atom. The van der Waals surface area contributed by atoms with Gasteiger partial charge in [-0.2, -0.15) is 0 Å². The van der Waals surface area contributed by atoms with E-state index in [9.17, 15) is 9.90 Å². The number of hydrogen-bond acceptors (Lipinski definition) is 4. The van der Waals surface area contributed by atoms with Crippen LogP contribution in [-0.4, -0.2) is 65.4 Å². The molecule has 160 valence electrons. The lowest BCUT2D eigenvalue weighted by Gasteiger charge is -2.37. The number of benzene rings is 1. The summed E-state index contributed by atoms with van der Waals surface area (Å²) in [5.41, 5.74) is 1.63. The van der Waals surface area contributed by atoms with Crippen molar-refractivity contribution in [2.45, 2.75) is 58.4 Å². The minimum absolute atomic E-state index is 0.177. The van der Waals surface area contributed by atoms with Crippen LogP contribution >= 0.6 is 0 Å². The van der Waals surface area contributed by atoms with Crippen LogP contribution in [0.1, 0.15) is 56.6 Å². The van der Waals surface area contributed by atoms with E-state index in [4.69, 9.17) is 5.41 Å². The SMILES string of the molecule is CCC(=O)NC1CCC(CCN2CCN(C(=N)c3ccc(C)cc3O)CC2)CC1. The second-order valence-electron chi connectivity index (χ2n) is 8.63. The molecule has 0 radical (unpaired) electrons. The molecule has 1 saturated heterocycles. The summed E-state index contributed by atoms with van der Waals surface area (Å²) in [6.07, 6.45) is 6.46. The van der Waals surface area contributed by atoms with Gasteiger partial charge in [-0.25, -0.2) is 0 Å². The third-order valence-corrected chi connectivity index (χ3v) is 6.48. The first kappa shape index (κ1) is 21.6. The van der Waals surface area contributed by atoms with Crippen LogP contribution < -0.4 is 5.32 Å². The van der Waals surface area contributed by atoms with Crippen molar-refractivity contribution in [2.75, 3.05) is 32.7 Å². The number of aryl methyl sites for hydroxylation is 1. The molecule has 3 rings (SSSR count). The van der Waals surface area contributed by atoms with Crippen LogP contribution in [0, 0.1) is 18.3 Å². The first-order chi connectivity index (χ1) is 14.0. The zero-order valence-electron chi connectivity index (χ0n) is 17.9. The third-order valence-electron chi connectivity index (χ3n) is 6.48. The van der Waals surface area contributed by atoms with E-state index in [1.54, 1.807) is 6.07 Å². The standard InChI is InChI=1S/C23H36N4O2/c1-3-22(29)25-19-7-5-18(6-8-19)10-11-26-12-14-27(15-13-26)23(24)20-9-4-17(2)16-21(20)28/h4,9,16,18-19,24,28H,3,5-8,10-15H2,1-2H3,(H,25,29). The van der Waals surface area contributed by atoms with Crippen molar-refractivity contribution in [3.8, 4) is 5.75 Å². The van der Waals surface area contributed by atoms with Gasteiger partial charge < -0.3 is 15.3 Å². The number of nitrogens with one attached hydrogen (secondary N) is 2. The highest BCUT2D eigenvalue weighted by Gasteiger charge is 2.25. The van der Waals surface area contributed by atoms with Crippen LogP contribution in [0.3, 0.4) is 0 Å². The molecular formula is C23H36N4O2. The molecule has 2 fully saturated rings. The summed E-state index contributed by atoms with van der Waals surface area (Å²) in [5.74, 6) is 1.57. The van der Waals surface area contributed by atoms with Gasteiger partial charge in [0, 0.05) is 38.6 Å². The molecule has 0 spiro atoms. The van der Waals surface area contributed by atoms with E-state index in [1.807, 2.05) is 26.0 Å². The van der Waals surface area contributed by atoms with Gasteiger partial charge in [-0.3, -0.25) is 15.1 Å². The van der Waals surface area contributed by atoms with Gasteiger partial charge in [0.2, 0.25) is 5.91 Å². The molecule has 1 aliphatic heterocycles. The Morgan fingerprint density at radius 1 is 1.17 bits per heavy atom. The van der Waals surface area contributed by atoms with Gasteiger partial charge in [0.05, 0.1) is 5.56 Å². The fraction of sp³-hybridized carbons (Fsp3) is 0.652. The number of carbonyl (C=O) groups excluding carboxylic acids is 1. The molecule has 0 atom stereocenters. The van der Waals surface area contributed by atoms with Crippen molar-refractivity contribution in [1.29, 1.82) is 5.41 Å². The summed E-state index contributed by atoms with van der Waals surface area (Å²) >= 11 is 0. The molecular weight excluding hydrogens is 364 g/mol. The van der Waals surface area contributed by atoms with Crippen molar-refractivity contribution in [2.24, 2.45) is 5.92 Å². The molecule has 6 nitrogen and oxygen atoms in total. The number of nitrogens with zero attached hydrogens (tertiary/aromatic N) is 2. The normalized spacial score (nSPS) is 23.0. The zero-order chi connectivity index (χ0) is 20.8. The molecule has 1 aromatic rings. The molecule has 3 N–H and O–H groups in total. The lowest BCUT2D eigenvalue weighted by molar-refractivity contribution is -0.121. The largest absolute Gasteiger partial charge is 0.507 e. The number of amidine groups is 1. The van der Waals surface area contributed by atoms with Gasteiger partial charge in [-0.15, -0.1) is 0 Å². The number of carbonyl (C=O) groups is 1. The Kier molecular flexibility index (Phi) is 7.53. The first-order valence-electron chi connectivity index (χ1n) is 11.1. The Morgan fingerprint density at radius 3 is 2.48 bits per heavy atom. The van der Waals surface area contributed by atoms with Crippen molar-refractivity contribution in [3.63, 3.8) is 0 Å². The molecule has 1 heterocycles. The first-order valence-corrected chi connectivity index (χ1v) is 11.1. The van der Waals surface area contributed by atoms with Gasteiger partial charge in [-0.1, -0.05) is 13.0 Å². The summed E-state index contributed by atoms with van der Waals surface area (Å²) < 4.78 is 0. The summed E-state index contributed by atoms with van der Waals surface area (Å²) in [6.45, 7) is 8.58. The maximum atomic E-state index is 11.5. The topological polar surface area (TPSA) is 79.7 Å². The van der Waals surface area contributed by atoms with Crippen LogP contribution in [0.5, 0.6) is 5.75 Å². The molecule has 1 aromatic carbocycles. The van der Waals surface area contributed by atoms with Gasteiger partial charge in [0.15, 0.2) is 0 Å². The predicted octanol–water partition coefficient (Wildman–Crippen LogP) is 3.12. The van der Waals surface area contributed by atoms with Gasteiger partial charge in [-0.05, 0) is 69.2 Å². The smallest absolute Gasteiger partial charge is 0.219 e. The highest BCUT2D eigenvalue weighted by atomic mass is 16.3. The van der Waals surface area contributed by atoms with E-state index >= 15 is 0 Å². The van der Waals surface area contributed by atoms with E-state index in [1.165, 1.54) is 19.3 Å². The Balaban J connectivity index is 1.37. The molecule has 29 heavy (non-hydrogen) atoms. The minimum Gasteiger partial charge on any atom is -0.507 e. The van der Waals surface area contributed by atoms with Crippen LogP contribution in [0.2, 0.25) is 0 Å². The molecule has 0 bridgehead atoms. The monoisotopic (exact) mass is 400 g/mol. The van der Waals surface area contributed by atoms with Crippen LogP contribution in [-0.2, 0) is 4.79 Å². The maximum absolute atomic E-state index is 11.5. The van der Waals surface area contributed by atoms with Crippen molar-refractivity contribution in [1.82, 2.24) is 15.1 Å². The molecule has 6 heteroatoms. The highest BCUT2D eigenvalue weighted by molar-refractivity contribution is 5.99. The Bertz CT molecular complexity index is 705. The van der Waals surface area contributed by atoms with E-state index in [2.05, 4.69) is 15.1 Å². The van der Waals surface area contributed by atoms with Crippen LogP contribution in [0.25, 0.3) is 0 Å². The molecule has 2 aliphatic rings. The lowest BCUT2D eigenvalue weighted by atomic mass is 9.84. The summed E-state index contributed by atoms with van der Waals surface area (Å²) in [7, 11) is 0. The predicted molar refractivity (Wildman–Crippen MR) is 116 cm³/mol. The number of rotatable bonds is 6. The summed E-state index contributed by atoms with van der Waals surface area (Å²) in [5, 5.41) is 21.8. The van der Waals surface area contributed by atoms with Gasteiger partial charge in [0.1, 0.15) is 11.6 Å². The van der Waals surface area contributed by atoms with E-state index in [0.29, 0.717) is 23.9 Å². The number of phenolic OH excluding ortho intramolecular Hbond substituents is 1. The molecule has 1 aliphatic carbocycles. The number of piperazine rings is 1. The average molecular weight is 401 g/mol. The second kappa shape index (κ2) is 10.1. The van der Waals surface area contributed by atoms with Gasteiger partial charge >= 0.3 is 0 Å². The van der Waals surface area contributed by atoms with Crippen molar-refractivity contribution >= 4 is 11.7 Å². The third kappa shape index (κ3) is 5.95. The lowest BCUT2D eigenvalue weighted by Crippen LogP contribution is -2.49. The van der Waals surface area contributed by atoms with E-state index in [-0.39, 0.29) is 11.7 Å². The number of aromatic hydroxyl groups is 1. The summed E-state index contributed by atoms with van der Waals surface area (Å²) in [6, 6.07) is 5.90. The van der Waals surface area contributed by atoms with E-state index in [0.717, 1.165) is 57.0 Å². The highest BCUT2D eigenvalue weighted by Crippen LogP contribution is 2.27. The number of hydrogen-bond donors (Lipinski definition) is 3. The Hall–Kier alpha value is -2.08. The Labute approximate surface area is 174 Å². The molecule has 0 unspecified atom stereocenters. The number of amides is 1. The maximum Gasteiger partial charge on any atom is 0.219 e. The molecule has 1 saturated carbocycles. The number of phenols is 1. The quantitative estimate of drug-likeness (QED) is 0.506. The average Bonchev–Trinajstić information content (AvgIpc) is 2.73. The van der Waals surface area contributed by atoms with Crippen LogP contribution in [0.4, 0.5) is 0 Å². The molecule has 0 aromatic heterocycles.